The van der Waals surface area contributed by atoms with Crippen LogP contribution >= 0.6 is 0 Å². The summed E-state index contributed by atoms with van der Waals surface area (Å²) in [6.07, 6.45) is 8.86. The lowest BCUT2D eigenvalue weighted by Gasteiger charge is -2.62. The monoisotopic (exact) mass is 1010 g/mol. The number of rotatable bonds is 9. The molecule has 7 heteroatoms. The van der Waals surface area contributed by atoms with Crippen LogP contribution in [0.3, 0.4) is 0 Å². The van der Waals surface area contributed by atoms with E-state index in [-0.39, 0.29) is 16.2 Å². The Morgan fingerprint density at radius 1 is 0.541 bits per heavy atom. The standard InChI is InChI=1S/C67H78N4OSi2/c1-43-21-23-46(24-22-43)67(50-32-44-31-45(34-50)35-51(67)33-44)48-29-30-68-63(39-48)71-57-28-25-47(65(2,3)4)38-56(57)55-27-26-53(41-60(55)71)72-54-37-49(66(5,6)7)36-52(40-54)69-42-70(59-18-15-14-17-58(59)69)64-61(73(8,9)10)19-16-20-62(64)74(11,12)13/h14-30,36-41,44-45,50-51H,31-35,42H2,1-13H3. The SMILES string of the molecule is Cc1ccc(C2(c3ccnc(-n4c5ccc(C(C)(C)C)cc5c5ccc(Oc6cc(N7CN(c8c([Si](C)(C)C)cccc8[Si](C)(C)C)c8ccccc87)cc(C(C)(C)C)c6)cc54)c3)C3CC4CC(C3)CC2C4)cc1. The number of fused-ring (bicyclic) bond motifs is 4. The van der Waals surface area contributed by atoms with E-state index in [2.05, 4.69) is 242 Å². The van der Waals surface area contributed by atoms with Crippen LogP contribution in [0.2, 0.25) is 39.3 Å². The summed E-state index contributed by atoms with van der Waals surface area (Å²) < 4.78 is 9.66. The molecule has 0 saturated heterocycles. The van der Waals surface area contributed by atoms with Gasteiger partial charge in [-0.15, -0.1) is 0 Å². The maximum absolute atomic E-state index is 7.22. The Balaban J connectivity index is 0.984. The summed E-state index contributed by atoms with van der Waals surface area (Å²) in [7, 11) is -3.46. The van der Waals surface area contributed by atoms with Crippen molar-refractivity contribution in [3.05, 3.63) is 167 Å². The molecule has 4 saturated carbocycles. The van der Waals surface area contributed by atoms with Gasteiger partial charge >= 0.3 is 0 Å². The Morgan fingerprint density at radius 2 is 1.18 bits per heavy atom. The van der Waals surface area contributed by atoms with Crippen LogP contribution in [-0.4, -0.2) is 32.4 Å². The van der Waals surface area contributed by atoms with Crippen molar-refractivity contribution in [1.82, 2.24) is 9.55 Å². The lowest BCUT2D eigenvalue weighted by atomic mass is 9.42. The highest BCUT2D eigenvalue weighted by Crippen LogP contribution is 2.65. The number of aryl methyl sites for hydroxylation is 1. The third kappa shape index (κ3) is 8.18. The van der Waals surface area contributed by atoms with Crippen LogP contribution in [0.5, 0.6) is 11.5 Å². The maximum atomic E-state index is 7.22. The molecular weight excluding hydrogens is 933 g/mol. The van der Waals surface area contributed by atoms with Gasteiger partial charge in [0.2, 0.25) is 0 Å². The molecule has 4 aliphatic carbocycles. The number of benzene rings is 6. The van der Waals surface area contributed by atoms with Crippen LogP contribution in [0, 0.1) is 30.6 Å². The number of anilines is 4. The first-order valence-electron chi connectivity index (χ1n) is 27.8. The van der Waals surface area contributed by atoms with Gasteiger partial charge < -0.3 is 14.5 Å². The number of ether oxygens (including phenoxy) is 1. The van der Waals surface area contributed by atoms with Crippen molar-refractivity contribution in [3.8, 4) is 17.3 Å². The third-order valence-corrected chi connectivity index (χ3v) is 22.0. The molecule has 0 amide bonds. The van der Waals surface area contributed by atoms with Crippen molar-refractivity contribution in [1.29, 1.82) is 0 Å². The summed E-state index contributed by atoms with van der Waals surface area (Å²) in [6.45, 7) is 31.8. The molecule has 0 unspecified atom stereocenters. The smallest absolute Gasteiger partial charge is 0.137 e. The minimum Gasteiger partial charge on any atom is -0.457 e. The molecule has 4 bridgehead atoms. The first kappa shape index (κ1) is 49.0. The Hall–Kier alpha value is -5.90. The first-order chi connectivity index (χ1) is 35.1. The van der Waals surface area contributed by atoms with Crippen molar-refractivity contribution >= 4 is 71.1 Å². The number of pyridine rings is 1. The van der Waals surface area contributed by atoms with Crippen molar-refractivity contribution in [2.24, 2.45) is 23.7 Å². The second-order valence-corrected chi connectivity index (χ2v) is 37.3. The van der Waals surface area contributed by atoms with Crippen LogP contribution in [-0.2, 0) is 16.2 Å². The van der Waals surface area contributed by atoms with Gasteiger partial charge in [-0.05, 0) is 167 Å². The second kappa shape index (κ2) is 17.3. The zero-order valence-electron chi connectivity index (χ0n) is 46.5. The van der Waals surface area contributed by atoms with Gasteiger partial charge in [-0.3, -0.25) is 4.57 Å². The van der Waals surface area contributed by atoms with Gasteiger partial charge in [0.05, 0.1) is 38.6 Å². The van der Waals surface area contributed by atoms with Gasteiger partial charge in [0.25, 0.3) is 0 Å². The van der Waals surface area contributed by atoms with Crippen LogP contribution in [0.25, 0.3) is 27.6 Å². The molecule has 380 valence electrons. The van der Waals surface area contributed by atoms with Gasteiger partial charge in [0.15, 0.2) is 0 Å². The highest BCUT2D eigenvalue weighted by atomic mass is 28.3. The molecule has 74 heavy (non-hydrogen) atoms. The topological polar surface area (TPSA) is 33.5 Å². The molecule has 13 rings (SSSR count). The molecule has 2 aromatic heterocycles. The van der Waals surface area contributed by atoms with Crippen molar-refractivity contribution < 1.29 is 4.74 Å². The summed E-state index contributed by atoms with van der Waals surface area (Å²) in [5, 5.41) is 5.52. The van der Waals surface area contributed by atoms with E-state index in [0.29, 0.717) is 11.8 Å². The molecule has 0 atom stereocenters. The maximum Gasteiger partial charge on any atom is 0.137 e. The summed E-state index contributed by atoms with van der Waals surface area (Å²) >= 11 is 0. The number of hydrogen-bond donors (Lipinski definition) is 0. The Kier molecular flexibility index (Phi) is 11.5. The Labute approximate surface area is 444 Å². The second-order valence-electron chi connectivity index (χ2n) is 27.2. The van der Waals surface area contributed by atoms with E-state index in [1.807, 2.05) is 0 Å². The van der Waals surface area contributed by atoms with Crippen molar-refractivity contribution in [3.63, 3.8) is 0 Å². The van der Waals surface area contributed by atoms with Crippen LogP contribution in [0.1, 0.15) is 101 Å². The summed E-state index contributed by atoms with van der Waals surface area (Å²) in [4.78, 5) is 10.5. The van der Waals surface area contributed by atoms with E-state index in [9.17, 15) is 0 Å². The first-order valence-corrected chi connectivity index (χ1v) is 34.8. The van der Waals surface area contributed by atoms with E-state index in [1.165, 1.54) is 104 Å². The normalized spacial score (nSPS) is 21.8. The minimum absolute atomic E-state index is 0.000693. The van der Waals surface area contributed by atoms with Crippen LogP contribution in [0.15, 0.2) is 140 Å². The number of aromatic nitrogens is 2. The fourth-order valence-corrected chi connectivity index (χ4v) is 17.8. The van der Waals surface area contributed by atoms with E-state index in [0.717, 1.165) is 47.0 Å². The molecule has 5 nitrogen and oxygen atoms in total. The molecular formula is C67H78N4OSi2. The van der Waals surface area contributed by atoms with Crippen LogP contribution < -0.4 is 24.9 Å². The molecule has 4 fully saturated rings. The summed E-state index contributed by atoms with van der Waals surface area (Å²) in [5.41, 5.74) is 14.0. The largest absolute Gasteiger partial charge is 0.457 e. The van der Waals surface area contributed by atoms with Gasteiger partial charge in [-0.25, -0.2) is 4.98 Å². The number of nitrogens with zero attached hydrogens (tertiary/aromatic N) is 4. The fraction of sp³-hybridized carbons (Fsp3) is 0.388. The molecule has 0 radical (unpaired) electrons. The Bertz CT molecular complexity index is 3430. The molecule has 5 aliphatic rings. The molecule has 0 spiro atoms. The lowest BCUT2D eigenvalue weighted by molar-refractivity contribution is -0.0418. The average molecular weight is 1010 g/mol. The van der Waals surface area contributed by atoms with Gasteiger partial charge in [0.1, 0.15) is 24.0 Å². The number of para-hydroxylation sites is 3. The molecule has 8 aromatic rings. The van der Waals surface area contributed by atoms with E-state index in [1.54, 1.807) is 0 Å². The molecule has 6 aromatic carbocycles. The van der Waals surface area contributed by atoms with E-state index < -0.39 is 16.1 Å². The fourth-order valence-electron chi connectivity index (χ4n) is 14.5. The highest BCUT2D eigenvalue weighted by molar-refractivity contribution is 6.93. The zero-order chi connectivity index (χ0) is 51.9. The molecule has 1 aliphatic heterocycles. The van der Waals surface area contributed by atoms with E-state index in [4.69, 9.17) is 9.72 Å². The predicted octanol–water partition coefficient (Wildman–Crippen LogP) is 17.0. The van der Waals surface area contributed by atoms with Crippen molar-refractivity contribution in [2.45, 2.75) is 136 Å². The molecule has 0 N–H and O–H groups in total. The van der Waals surface area contributed by atoms with Crippen LogP contribution in [0.4, 0.5) is 22.7 Å². The molecule has 3 heterocycles. The Morgan fingerprint density at radius 3 is 1.80 bits per heavy atom. The highest BCUT2D eigenvalue weighted by Gasteiger charge is 2.58. The third-order valence-electron chi connectivity index (χ3n) is 18.0. The quantitative estimate of drug-likeness (QED) is 0.135. The zero-order valence-corrected chi connectivity index (χ0v) is 48.5. The van der Waals surface area contributed by atoms with E-state index >= 15 is 0 Å². The van der Waals surface area contributed by atoms with Gasteiger partial charge in [0, 0.05) is 45.9 Å². The van der Waals surface area contributed by atoms with Crippen molar-refractivity contribution in [2.75, 3.05) is 16.5 Å². The predicted molar refractivity (Wildman–Crippen MR) is 319 cm³/mol. The average Bonchev–Trinajstić information content (AvgIpc) is 3.89. The lowest BCUT2D eigenvalue weighted by Crippen LogP contribution is -2.56. The van der Waals surface area contributed by atoms with Gasteiger partial charge in [-0.2, -0.15) is 0 Å². The number of hydrogen-bond acceptors (Lipinski definition) is 4. The summed E-state index contributed by atoms with van der Waals surface area (Å²) in [5.74, 6) is 5.64. The van der Waals surface area contributed by atoms with Gasteiger partial charge in [-0.1, -0.05) is 147 Å². The minimum atomic E-state index is -1.73. The summed E-state index contributed by atoms with van der Waals surface area (Å²) in [6, 6.07) is 51.5.